The Labute approximate surface area is 115 Å². The lowest BCUT2D eigenvalue weighted by Crippen LogP contribution is -2.32. The van der Waals surface area contributed by atoms with E-state index < -0.39 is 0 Å². The maximum atomic E-state index is 12.0. The molecule has 0 radical (unpaired) electrons. The minimum atomic E-state index is -0.0635. The van der Waals surface area contributed by atoms with E-state index in [9.17, 15) is 4.79 Å². The molecule has 1 amide bonds. The van der Waals surface area contributed by atoms with Gasteiger partial charge < -0.3 is 15.8 Å². The highest BCUT2D eigenvalue weighted by Crippen LogP contribution is 2.14. The predicted octanol–water partition coefficient (Wildman–Crippen LogP) is 2.33. The first-order valence-electron chi connectivity index (χ1n) is 6.91. The number of carbonyl (C=O) groups excluding carboxylic acids is 1. The van der Waals surface area contributed by atoms with E-state index in [1.54, 1.807) is 12.1 Å². The zero-order chi connectivity index (χ0) is 14.1. The van der Waals surface area contributed by atoms with Crippen molar-refractivity contribution in [2.45, 2.75) is 39.2 Å². The lowest BCUT2D eigenvalue weighted by Gasteiger charge is -2.14. The molecule has 0 saturated carbocycles. The molecule has 4 nitrogen and oxygen atoms in total. The Morgan fingerprint density at radius 1 is 1.47 bits per heavy atom. The molecule has 3 N–H and O–H groups in total. The molecule has 0 saturated heterocycles. The van der Waals surface area contributed by atoms with Crippen LogP contribution in [-0.2, 0) is 0 Å². The second-order valence-corrected chi connectivity index (χ2v) is 4.68. The number of benzene rings is 1. The topological polar surface area (TPSA) is 64.3 Å². The zero-order valence-electron chi connectivity index (χ0n) is 11.8. The van der Waals surface area contributed by atoms with Gasteiger partial charge in [-0.2, -0.15) is 0 Å². The van der Waals surface area contributed by atoms with Gasteiger partial charge in [0, 0.05) is 11.6 Å². The molecule has 1 unspecified atom stereocenters. The Hall–Kier alpha value is -1.55. The highest BCUT2D eigenvalue weighted by Gasteiger charge is 2.10. The normalized spacial score (nSPS) is 11.9. The Balaban J connectivity index is 2.56. The smallest absolute Gasteiger partial charge is 0.251 e. The quantitative estimate of drug-likeness (QED) is 0.757. The van der Waals surface area contributed by atoms with Crippen LogP contribution >= 0.6 is 0 Å². The van der Waals surface area contributed by atoms with Gasteiger partial charge in [0.2, 0.25) is 0 Å². The van der Waals surface area contributed by atoms with Gasteiger partial charge in [0.05, 0.1) is 6.61 Å². The van der Waals surface area contributed by atoms with Crippen LogP contribution in [0.25, 0.3) is 0 Å². The van der Waals surface area contributed by atoms with E-state index in [1.165, 1.54) is 0 Å². The maximum absolute atomic E-state index is 12.0. The summed E-state index contributed by atoms with van der Waals surface area (Å²) in [5.74, 6) is 0.676. The molecule has 0 fully saturated rings. The van der Waals surface area contributed by atoms with E-state index in [1.807, 2.05) is 19.1 Å². The molecule has 1 atom stereocenters. The summed E-state index contributed by atoms with van der Waals surface area (Å²) in [6.07, 6.45) is 2.77. The molecule has 0 bridgehead atoms. The molecule has 1 rings (SSSR count). The molecular formula is C15H24N2O2. The lowest BCUT2D eigenvalue weighted by molar-refractivity contribution is 0.0937. The number of amides is 1. The summed E-state index contributed by atoms with van der Waals surface area (Å²) in [6, 6.07) is 7.41. The van der Waals surface area contributed by atoms with E-state index in [0.717, 1.165) is 25.0 Å². The fourth-order valence-corrected chi connectivity index (χ4v) is 1.75. The van der Waals surface area contributed by atoms with E-state index in [2.05, 4.69) is 12.2 Å². The van der Waals surface area contributed by atoms with Crippen molar-refractivity contribution < 1.29 is 9.53 Å². The molecule has 0 aliphatic heterocycles. The third kappa shape index (κ3) is 5.75. The minimum Gasteiger partial charge on any atom is -0.494 e. The number of nitrogens with one attached hydrogen (secondary N) is 1. The number of hydrogen-bond acceptors (Lipinski definition) is 3. The minimum absolute atomic E-state index is 0.0635. The first-order valence-corrected chi connectivity index (χ1v) is 6.91. The SMILES string of the molecule is CCCOc1cccc(C(=O)NC(C)CCCN)c1. The molecule has 0 aromatic heterocycles. The van der Waals surface area contributed by atoms with Crippen molar-refractivity contribution in [3.8, 4) is 5.75 Å². The Bertz CT molecular complexity index is 393. The van der Waals surface area contributed by atoms with Crippen molar-refractivity contribution in [2.75, 3.05) is 13.2 Å². The van der Waals surface area contributed by atoms with Crippen LogP contribution < -0.4 is 15.8 Å². The van der Waals surface area contributed by atoms with Crippen molar-refractivity contribution >= 4 is 5.91 Å². The van der Waals surface area contributed by atoms with Crippen LogP contribution in [0.2, 0.25) is 0 Å². The van der Waals surface area contributed by atoms with Crippen LogP contribution in [-0.4, -0.2) is 25.1 Å². The standard InChI is InChI=1S/C15H24N2O2/c1-3-10-19-14-8-4-7-13(11-14)15(18)17-12(2)6-5-9-16/h4,7-8,11-12H,3,5-6,9-10,16H2,1-2H3,(H,17,18). The van der Waals surface area contributed by atoms with Gasteiger partial charge in [-0.25, -0.2) is 0 Å². The summed E-state index contributed by atoms with van der Waals surface area (Å²) in [4.78, 5) is 12.0. The first-order chi connectivity index (χ1) is 9.17. The second kappa shape index (κ2) is 8.53. The molecular weight excluding hydrogens is 240 g/mol. The van der Waals surface area contributed by atoms with Crippen molar-refractivity contribution in [3.05, 3.63) is 29.8 Å². The first kappa shape index (κ1) is 15.5. The molecule has 0 aliphatic carbocycles. The average molecular weight is 264 g/mol. The number of ether oxygens (including phenoxy) is 1. The molecule has 4 heteroatoms. The van der Waals surface area contributed by atoms with Crippen LogP contribution in [0.3, 0.4) is 0 Å². The predicted molar refractivity (Wildman–Crippen MR) is 77.4 cm³/mol. The van der Waals surface area contributed by atoms with Crippen molar-refractivity contribution in [3.63, 3.8) is 0 Å². The third-order valence-corrected chi connectivity index (χ3v) is 2.79. The van der Waals surface area contributed by atoms with Gasteiger partial charge in [0.25, 0.3) is 5.91 Å². The van der Waals surface area contributed by atoms with Crippen molar-refractivity contribution in [1.82, 2.24) is 5.32 Å². The van der Waals surface area contributed by atoms with Crippen LogP contribution in [0.5, 0.6) is 5.75 Å². The van der Waals surface area contributed by atoms with Gasteiger partial charge in [0.15, 0.2) is 0 Å². The van der Waals surface area contributed by atoms with E-state index in [4.69, 9.17) is 10.5 Å². The molecule has 0 spiro atoms. The van der Waals surface area contributed by atoms with E-state index >= 15 is 0 Å². The summed E-state index contributed by atoms with van der Waals surface area (Å²) in [5, 5.41) is 2.96. The Morgan fingerprint density at radius 3 is 2.95 bits per heavy atom. The van der Waals surface area contributed by atoms with Gasteiger partial charge in [0.1, 0.15) is 5.75 Å². The summed E-state index contributed by atoms with van der Waals surface area (Å²) in [6.45, 7) is 5.36. The van der Waals surface area contributed by atoms with Crippen LogP contribution in [0.4, 0.5) is 0 Å². The zero-order valence-corrected chi connectivity index (χ0v) is 11.8. The molecule has 0 aliphatic rings. The third-order valence-electron chi connectivity index (χ3n) is 2.79. The van der Waals surface area contributed by atoms with Gasteiger partial charge in [-0.05, 0) is 50.9 Å². The number of hydrogen-bond donors (Lipinski definition) is 2. The largest absolute Gasteiger partial charge is 0.494 e. The fraction of sp³-hybridized carbons (Fsp3) is 0.533. The fourth-order valence-electron chi connectivity index (χ4n) is 1.75. The van der Waals surface area contributed by atoms with Crippen molar-refractivity contribution in [2.24, 2.45) is 5.73 Å². The number of nitrogens with two attached hydrogens (primary N) is 1. The van der Waals surface area contributed by atoms with Gasteiger partial charge in [-0.3, -0.25) is 4.79 Å². The van der Waals surface area contributed by atoms with Crippen LogP contribution in [0.15, 0.2) is 24.3 Å². The monoisotopic (exact) mass is 264 g/mol. The van der Waals surface area contributed by atoms with Crippen LogP contribution in [0, 0.1) is 0 Å². The highest BCUT2D eigenvalue weighted by molar-refractivity contribution is 5.94. The molecule has 1 aromatic rings. The van der Waals surface area contributed by atoms with E-state index in [0.29, 0.717) is 18.7 Å². The molecule has 0 heterocycles. The number of rotatable bonds is 8. The Kier molecular flexibility index (Phi) is 6.97. The molecule has 19 heavy (non-hydrogen) atoms. The average Bonchev–Trinajstić information content (AvgIpc) is 2.43. The van der Waals surface area contributed by atoms with E-state index in [-0.39, 0.29) is 11.9 Å². The summed E-state index contributed by atoms with van der Waals surface area (Å²) < 4.78 is 5.52. The van der Waals surface area contributed by atoms with Gasteiger partial charge in [-0.15, -0.1) is 0 Å². The molecule has 1 aromatic carbocycles. The van der Waals surface area contributed by atoms with Gasteiger partial charge in [-0.1, -0.05) is 13.0 Å². The summed E-state index contributed by atoms with van der Waals surface area (Å²) >= 11 is 0. The maximum Gasteiger partial charge on any atom is 0.251 e. The summed E-state index contributed by atoms with van der Waals surface area (Å²) in [7, 11) is 0. The Morgan fingerprint density at radius 2 is 2.26 bits per heavy atom. The van der Waals surface area contributed by atoms with Crippen molar-refractivity contribution in [1.29, 1.82) is 0 Å². The summed E-state index contributed by atoms with van der Waals surface area (Å²) in [5.41, 5.74) is 6.09. The van der Waals surface area contributed by atoms with Gasteiger partial charge >= 0.3 is 0 Å². The van der Waals surface area contributed by atoms with Crippen LogP contribution in [0.1, 0.15) is 43.5 Å². The highest BCUT2D eigenvalue weighted by atomic mass is 16.5. The second-order valence-electron chi connectivity index (χ2n) is 4.68. The lowest BCUT2D eigenvalue weighted by atomic mass is 10.1. The number of carbonyl (C=O) groups is 1. The molecule has 106 valence electrons.